The lowest BCUT2D eigenvalue weighted by Crippen LogP contribution is -2.11. The normalized spacial score (nSPS) is 11.7. The molecule has 0 unspecified atom stereocenters. The summed E-state index contributed by atoms with van der Waals surface area (Å²) in [6.45, 7) is 1.92. The number of nitrogens with two attached hydrogens (primary N) is 1. The molecule has 0 aliphatic heterocycles. The highest BCUT2D eigenvalue weighted by molar-refractivity contribution is 7.89. The number of hydrogen-bond acceptors (Lipinski definition) is 2. The van der Waals surface area contributed by atoms with Gasteiger partial charge in [0.05, 0.1) is 15.6 Å². The summed E-state index contributed by atoms with van der Waals surface area (Å²) in [5, 5.41) is 5.16. The van der Waals surface area contributed by atoms with Gasteiger partial charge < -0.3 is 4.57 Å². The molecule has 2 aromatic carbocycles. The van der Waals surface area contributed by atoms with E-state index in [9.17, 15) is 12.8 Å². The van der Waals surface area contributed by atoms with E-state index in [2.05, 4.69) is 0 Å². The van der Waals surface area contributed by atoms with E-state index in [-0.39, 0.29) is 9.92 Å². The molecule has 1 aromatic heterocycles. The molecule has 0 aliphatic carbocycles. The van der Waals surface area contributed by atoms with E-state index < -0.39 is 15.8 Å². The second-order valence-corrected chi connectivity index (χ2v) is 7.33. The first kappa shape index (κ1) is 16.7. The zero-order valence-electron chi connectivity index (χ0n) is 12.7. The molecule has 0 saturated carbocycles. The zero-order valence-corrected chi connectivity index (χ0v) is 14.3. The van der Waals surface area contributed by atoms with Crippen LogP contribution >= 0.6 is 11.6 Å². The van der Waals surface area contributed by atoms with Gasteiger partial charge in [-0.15, -0.1) is 0 Å². The van der Waals surface area contributed by atoms with E-state index in [0.717, 1.165) is 22.6 Å². The Morgan fingerprint density at radius 3 is 2.29 bits per heavy atom. The van der Waals surface area contributed by atoms with Crippen LogP contribution in [0.1, 0.15) is 5.69 Å². The lowest BCUT2D eigenvalue weighted by Gasteiger charge is -2.13. The fraction of sp³-hybridized carbons (Fsp3) is 0.0588. The number of aromatic nitrogens is 1. The van der Waals surface area contributed by atoms with Crippen LogP contribution < -0.4 is 5.14 Å². The quantitative estimate of drug-likeness (QED) is 0.766. The minimum absolute atomic E-state index is 0.0381. The molecule has 0 fully saturated rings. The largest absolute Gasteiger partial charge is 0.314 e. The third kappa shape index (κ3) is 3.08. The van der Waals surface area contributed by atoms with Gasteiger partial charge in [0.1, 0.15) is 5.82 Å². The predicted octanol–water partition coefficient (Wildman–Crippen LogP) is 3.89. The van der Waals surface area contributed by atoms with Crippen molar-refractivity contribution in [2.75, 3.05) is 0 Å². The molecule has 0 atom stereocenters. The summed E-state index contributed by atoms with van der Waals surface area (Å²) in [6.07, 6.45) is 0. The van der Waals surface area contributed by atoms with Gasteiger partial charge in [-0.05, 0) is 55.0 Å². The predicted molar refractivity (Wildman–Crippen MR) is 92.3 cm³/mol. The summed E-state index contributed by atoms with van der Waals surface area (Å²) in [5.74, 6) is -0.482. The van der Waals surface area contributed by atoms with E-state index >= 15 is 0 Å². The van der Waals surface area contributed by atoms with Gasteiger partial charge in [-0.3, -0.25) is 0 Å². The molecule has 0 bridgehead atoms. The Bertz CT molecular complexity index is 1010. The topological polar surface area (TPSA) is 65.1 Å². The number of halogens is 2. The lowest BCUT2D eigenvalue weighted by molar-refractivity contribution is 0.598. The van der Waals surface area contributed by atoms with Gasteiger partial charge in [0.2, 0.25) is 10.0 Å². The van der Waals surface area contributed by atoms with Crippen molar-refractivity contribution < 1.29 is 12.8 Å². The summed E-state index contributed by atoms with van der Waals surface area (Å²) < 4.78 is 38.1. The van der Waals surface area contributed by atoms with Crippen molar-refractivity contribution in [3.63, 3.8) is 0 Å². The SMILES string of the molecule is Cc1ccc(-c2ccc(S(N)(=O)=O)cc2)n1-c1ccc(F)c(Cl)c1. The zero-order chi connectivity index (χ0) is 17.5. The Balaban J connectivity index is 2.12. The maximum Gasteiger partial charge on any atom is 0.238 e. The minimum Gasteiger partial charge on any atom is -0.314 e. The molecule has 7 heteroatoms. The van der Waals surface area contributed by atoms with Crippen LogP contribution in [0.3, 0.4) is 0 Å². The van der Waals surface area contributed by atoms with E-state index in [1.807, 2.05) is 23.6 Å². The van der Waals surface area contributed by atoms with E-state index in [4.69, 9.17) is 16.7 Å². The maximum atomic E-state index is 13.4. The Kier molecular flexibility index (Phi) is 4.21. The monoisotopic (exact) mass is 364 g/mol. The smallest absolute Gasteiger partial charge is 0.238 e. The number of rotatable bonds is 3. The Hall–Kier alpha value is -2.15. The van der Waals surface area contributed by atoms with Crippen molar-refractivity contribution in [2.45, 2.75) is 11.8 Å². The molecule has 0 saturated heterocycles. The summed E-state index contributed by atoms with van der Waals surface area (Å²) >= 11 is 5.88. The van der Waals surface area contributed by atoms with Gasteiger partial charge in [-0.1, -0.05) is 23.7 Å². The van der Waals surface area contributed by atoms with Crippen LogP contribution in [0.25, 0.3) is 16.9 Å². The first-order valence-electron chi connectivity index (χ1n) is 7.04. The van der Waals surface area contributed by atoms with Crippen LogP contribution in [-0.4, -0.2) is 13.0 Å². The lowest BCUT2D eigenvalue weighted by atomic mass is 10.1. The molecule has 4 nitrogen and oxygen atoms in total. The molecule has 2 N–H and O–H groups in total. The van der Waals surface area contributed by atoms with Crippen LogP contribution in [-0.2, 0) is 10.0 Å². The van der Waals surface area contributed by atoms with Gasteiger partial charge in [-0.2, -0.15) is 0 Å². The summed E-state index contributed by atoms with van der Waals surface area (Å²) in [7, 11) is -3.74. The number of primary sulfonamides is 1. The molecule has 24 heavy (non-hydrogen) atoms. The second-order valence-electron chi connectivity index (χ2n) is 5.36. The Labute approximate surface area is 144 Å². The molecular formula is C17H14ClFN2O2S. The number of benzene rings is 2. The van der Waals surface area contributed by atoms with Gasteiger partial charge in [0, 0.05) is 11.4 Å². The molecule has 124 valence electrons. The molecular weight excluding hydrogens is 351 g/mol. The van der Waals surface area contributed by atoms with Crippen molar-refractivity contribution in [2.24, 2.45) is 5.14 Å². The number of nitrogens with zero attached hydrogens (tertiary/aromatic N) is 1. The fourth-order valence-corrected chi connectivity index (χ4v) is 3.24. The summed E-state index contributed by atoms with van der Waals surface area (Å²) in [6, 6.07) is 14.6. The number of aryl methyl sites for hydroxylation is 1. The van der Waals surface area contributed by atoms with E-state index in [1.165, 1.54) is 18.2 Å². The highest BCUT2D eigenvalue weighted by Gasteiger charge is 2.13. The van der Waals surface area contributed by atoms with Gasteiger partial charge in [0.25, 0.3) is 0 Å². The van der Waals surface area contributed by atoms with Gasteiger partial charge in [-0.25, -0.2) is 17.9 Å². The Morgan fingerprint density at radius 1 is 1.04 bits per heavy atom. The molecule has 0 aliphatic rings. The third-order valence-electron chi connectivity index (χ3n) is 3.72. The van der Waals surface area contributed by atoms with Crippen molar-refractivity contribution >= 4 is 21.6 Å². The average molecular weight is 365 g/mol. The highest BCUT2D eigenvalue weighted by atomic mass is 35.5. The van der Waals surface area contributed by atoms with Crippen LogP contribution in [0.2, 0.25) is 5.02 Å². The second kappa shape index (κ2) is 6.05. The molecule has 3 aromatic rings. The average Bonchev–Trinajstić information content (AvgIpc) is 2.91. The fourth-order valence-electron chi connectivity index (χ4n) is 2.55. The number of sulfonamides is 1. The van der Waals surface area contributed by atoms with Crippen molar-refractivity contribution in [3.8, 4) is 16.9 Å². The van der Waals surface area contributed by atoms with Crippen LogP contribution in [0.15, 0.2) is 59.5 Å². The summed E-state index contributed by atoms with van der Waals surface area (Å²) in [5.41, 5.74) is 3.28. The summed E-state index contributed by atoms with van der Waals surface area (Å²) in [4.78, 5) is 0.0471. The standard InChI is InChI=1S/C17H14ClFN2O2S/c1-11-2-9-17(12-3-6-14(7-4-12)24(20,22)23)21(11)13-5-8-16(19)15(18)10-13/h2-10H,1H3,(H2,20,22,23). The first-order chi connectivity index (χ1) is 11.3. The van der Waals surface area contributed by atoms with E-state index in [0.29, 0.717) is 0 Å². The maximum absolute atomic E-state index is 13.4. The molecule has 0 spiro atoms. The van der Waals surface area contributed by atoms with Crippen LogP contribution in [0, 0.1) is 12.7 Å². The first-order valence-corrected chi connectivity index (χ1v) is 8.97. The molecule has 0 radical (unpaired) electrons. The third-order valence-corrected chi connectivity index (χ3v) is 4.93. The van der Waals surface area contributed by atoms with Gasteiger partial charge in [0.15, 0.2) is 0 Å². The molecule has 1 heterocycles. The van der Waals surface area contributed by atoms with Gasteiger partial charge >= 0.3 is 0 Å². The van der Waals surface area contributed by atoms with Crippen LogP contribution in [0.4, 0.5) is 4.39 Å². The van der Waals surface area contributed by atoms with Crippen molar-refractivity contribution in [1.29, 1.82) is 0 Å². The number of hydrogen-bond donors (Lipinski definition) is 1. The van der Waals surface area contributed by atoms with Crippen LogP contribution in [0.5, 0.6) is 0 Å². The molecule has 3 rings (SSSR count). The minimum atomic E-state index is -3.74. The molecule has 0 amide bonds. The van der Waals surface area contributed by atoms with E-state index in [1.54, 1.807) is 24.3 Å². The highest BCUT2D eigenvalue weighted by Crippen LogP contribution is 2.29. The van der Waals surface area contributed by atoms with Crippen molar-refractivity contribution in [3.05, 3.63) is 71.1 Å². The Morgan fingerprint density at radius 2 is 1.71 bits per heavy atom. The van der Waals surface area contributed by atoms with Crippen molar-refractivity contribution in [1.82, 2.24) is 4.57 Å².